The first-order chi connectivity index (χ1) is 13.8. The van der Waals surface area contributed by atoms with Crippen LogP contribution in [0.25, 0.3) is 10.9 Å². The maximum absolute atomic E-state index is 11.8. The number of fused-ring (bicyclic) bond motifs is 1. The van der Waals surface area contributed by atoms with Crippen LogP contribution in [0.1, 0.15) is 5.56 Å². The molecule has 3 aromatic rings. The predicted octanol–water partition coefficient (Wildman–Crippen LogP) is 3.10. The third-order valence-electron chi connectivity index (χ3n) is 4.42. The maximum atomic E-state index is 11.8. The summed E-state index contributed by atoms with van der Waals surface area (Å²) in [5.41, 5.74) is 0.295. The molecule has 0 aliphatic rings. The van der Waals surface area contributed by atoms with Gasteiger partial charge < -0.3 is 20.1 Å². The number of aromatic nitrogens is 1. The highest BCUT2D eigenvalue weighted by atomic mass is 16.6. The molecule has 0 fully saturated rings. The van der Waals surface area contributed by atoms with Gasteiger partial charge in [-0.1, -0.05) is 0 Å². The van der Waals surface area contributed by atoms with Crippen LogP contribution in [0.2, 0.25) is 0 Å². The molecule has 11 nitrogen and oxygen atoms in total. The molecule has 0 radical (unpaired) electrons. The zero-order valence-corrected chi connectivity index (χ0v) is 15.1. The molecule has 11 heteroatoms. The molecule has 0 amide bonds. The molecule has 0 saturated heterocycles. The van der Waals surface area contributed by atoms with Crippen LogP contribution in [-0.4, -0.2) is 39.1 Å². The van der Waals surface area contributed by atoms with Crippen LogP contribution in [-0.2, 0) is 11.2 Å². The number of nitro benzene ring substituents is 2. The summed E-state index contributed by atoms with van der Waals surface area (Å²) in [5, 5.41) is 35.1. The topological polar surface area (TPSA) is 161 Å². The third kappa shape index (κ3) is 4.08. The van der Waals surface area contributed by atoms with Gasteiger partial charge in [-0.2, -0.15) is 0 Å². The Bertz CT molecular complexity index is 1110. The number of aromatic amines is 1. The summed E-state index contributed by atoms with van der Waals surface area (Å²) in [6.07, 6.45) is 1.67. The average molecular weight is 400 g/mol. The van der Waals surface area contributed by atoms with Crippen LogP contribution in [0.5, 0.6) is 5.75 Å². The molecule has 3 N–H and O–H groups in total. The van der Waals surface area contributed by atoms with E-state index in [0.29, 0.717) is 11.3 Å². The number of carboxylic acid groups (broad SMARTS) is 1. The van der Waals surface area contributed by atoms with Gasteiger partial charge >= 0.3 is 5.97 Å². The molecule has 29 heavy (non-hydrogen) atoms. The molecule has 0 aliphatic carbocycles. The average Bonchev–Trinajstić information content (AvgIpc) is 3.09. The zero-order valence-electron chi connectivity index (χ0n) is 15.1. The van der Waals surface area contributed by atoms with Crippen molar-refractivity contribution in [2.75, 3.05) is 12.4 Å². The maximum Gasteiger partial charge on any atom is 0.326 e. The number of benzene rings is 2. The number of carboxylic acids is 1. The molecule has 0 bridgehead atoms. The summed E-state index contributed by atoms with van der Waals surface area (Å²) in [6, 6.07) is 7.10. The highest BCUT2D eigenvalue weighted by Gasteiger charge is 2.25. The van der Waals surface area contributed by atoms with Crippen molar-refractivity contribution in [3.05, 3.63) is 68.4 Å². The van der Waals surface area contributed by atoms with Gasteiger partial charge in [-0.15, -0.1) is 0 Å². The number of carbonyl (C=O) groups is 1. The van der Waals surface area contributed by atoms with E-state index in [1.165, 1.54) is 7.11 Å². The first-order valence-corrected chi connectivity index (χ1v) is 8.36. The van der Waals surface area contributed by atoms with Crippen molar-refractivity contribution in [2.24, 2.45) is 0 Å². The molecule has 0 saturated carbocycles. The Morgan fingerprint density at radius 1 is 1.21 bits per heavy atom. The van der Waals surface area contributed by atoms with Crippen molar-refractivity contribution in [3.8, 4) is 5.75 Å². The summed E-state index contributed by atoms with van der Waals surface area (Å²) in [7, 11) is 1.52. The number of non-ortho nitro benzene ring substituents is 1. The van der Waals surface area contributed by atoms with E-state index in [1.807, 2.05) is 0 Å². The van der Waals surface area contributed by atoms with Gasteiger partial charge in [0.05, 0.1) is 23.0 Å². The Labute approximate surface area is 163 Å². The summed E-state index contributed by atoms with van der Waals surface area (Å²) in [5.74, 6) is -0.626. The van der Waals surface area contributed by atoms with E-state index in [-0.39, 0.29) is 12.1 Å². The van der Waals surface area contributed by atoms with E-state index < -0.39 is 33.2 Å². The first kappa shape index (κ1) is 19.6. The summed E-state index contributed by atoms with van der Waals surface area (Å²) in [4.78, 5) is 35.4. The van der Waals surface area contributed by atoms with Gasteiger partial charge in [0.2, 0.25) is 0 Å². The molecule has 0 unspecified atom stereocenters. The quantitative estimate of drug-likeness (QED) is 0.384. The Balaban J connectivity index is 1.93. The standard InChI is InChI=1S/C18H16N4O7/c1-29-12-3-5-14-13(8-12)10(9-19-14)6-16(18(23)24)20-15-4-2-11(21(25)26)7-17(15)22(27)28/h2-5,7-9,16,19-20H,6H2,1H3,(H,23,24)/t16-/m0/s1. The van der Waals surface area contributed by atoms with Gasteiger partial charge in [0.15, 0.2) is 0 Å². The lowest BCUT2D eigenvalue weighted by atomic mass is 10.0. The molecule has 3 rings (SSSR count). The lowest BCUT2D eigenvalue weighted by molar-refractivity contribution is -0.393. The molecule has 150 valence electrons. The Hall–Kier alpha value is -4.15. The second-order valence-electron chi connectivity index (χ2n) is 6.18. The van der Waals surface area contributed by atoms with Crippen LogP contribution in [0.4, 0.5) is 17.1 Å². The van der Waals surface area contributed by atoms with Crippen molar-refractivity contribution in [1.29, 1.82) is 0 Å². The Morgan fingerprint density at radius 3 is 2.59 bits per heavy atom. The van der Waals surface area contributed by atoms with Crippen molar-refractivity contribution in [1.82, 2.24) is 4.98 Å². The molecule has 0 spiro atoms. The van der Waals surface area contributed by atoms with E-state index in [2.05, 4.69) is 10.3 Å². The fourth-order valence-electron chi connectivity index (χ4n) is 2.97. The number of nitrogens with zero attached hydrogens (tertiary/aromatic N) is 2. The fourth-order valence-corrected chi connectivity index (χ4v) is 2.97. The first-order valence-electron chi connectivity index (χ1n) is 8.36. The molecule has 0 aliphatic heterocycles. The minimum Gasteiger partial charge on any atom is -0.497 e. The van der Waals surface area contributed by atoms with E-state index in [1.54, 1.807) is 24.4 Å². The minimum atomic E-state index is -1.23. The molecule has 1 heterocycles. The molecule has 2 aromatic carbocycles. The van der Waals surface area contributed by atoms with E-state index in [4.69, 9.17) is 4.74 Å². The van der Waals surface area contributed by atoms with Gasteiger partial charge in [-0.3, -0.25) is 20.2 Å². The highest BCUT2D eigenvalue weighted by molar-refractivity contribution is 5.86. The van der Waals surface area contributed by atoms with Gasteiger partial charge in [0.25, 0.3) is 11.4 Å². The van der Waals surface area contributed by atoms with E-state index >= 15 is 0 Å². The van der Waals surface area contributed by atoms with Crippen LogP contribution in [0, 0.1) is 20.2 Å². The number of aliphatic carboxylic acids is 1. The van der Waals surface area contributed by atoms with Crippen LogP contribution in [0.15, 0.2) is 42.6 Å². The summed E-state index contributed by atoms with van der Waals surface area (Å²) < 4.78 is 5.19. The number of hydrogen-bond donors (Lipinski definition) is 3. The molecule has 1 atom stereocenters. The second-order valence-corrected chi connectivity index (χ2v) is 6.18. The lowest BCUT2D eigenvalue weighted by Crippen LogP contribution is -2.31. The van der Waals surface area contributed by atoms with Crippen molar-refractivity contribution in [2.45, 2.75) is 12.5 Å². The number of rotatable bonds is 8. The number of nitro groups is 2. The number of methoxy groups -OCH3 is 1. The predicted molar refractivity (Wildman–Crippen MR) is 103 cm³/mol. The highest BCUT2D eigenvalue weighted by Crippen LogP contribution is 2.30. The Kier molecular flexibility index (Phi) is 5.30. The number of nitrogens with one attached hydrogen (secondary N) is 2. The number of ether oxygens (including phenoxy) is 1. The van der Waals surface area contributed by atoms with Crippen LogP contribution in [0.3, 0.4) is 0 Å². The summed E-state index contributed by atoms with van der Waals surface area (Å²) >= 11 is 0. The second kappa shape index (κ2) is 7.84. The summed E-state index contributed by atoms with van der Waals surface area (Å²) in [6.45, 7) is 0. The largest absolute Gasteiger partial charge is 0.497 e. The van der Waals surface area contributed by atoms with E-state index in [9.17, 15) is 30.1 Å². The van der Waals surface area contributed by atoms with Crippen molar-refractivity contribution >= 4 is 33.9 Å². The third-order valence-corrected chi connectivity index (χ3v) is 4.42. The normalized spacial score (nSPS) is 11.8. The SMILES string of the molecule is COc1ccc2[nH]cc(C[C@H](Nc3ccc([N+](=O)[O-])cc3[N+](=O)[O-])C(=O)O)c2c1. The number of H-pyrrole nitrogens is 1. The van der Waals surface area contributed by atoms with Crippen molar-refractivity contribution in [3.63, 3.8) is 0 Å². The van der Waals surface area contributed by atoms with Gasteiger partial charge in [0.1, 0.15) is 17.5 Å². The molecular weight excluding hydrogens is 384 g/mol. The molecule has 1 aromatic heterocycles. The smallest absolute Gasteiger partial charge is 0.326 e. The minimum absolute atomic E-state index is 0.0106. The van der Waals surface area contributed by atoms with E-state index in [0.717, 1.165) is 29.1 Å². The lowest BCUT2D eigenvalue weighted by Gasteiger charge is -2.15. The Morgan fingerprint density at radius 2 is 1.97 bits per heavy atom. The van der Waals surface area contributed by atoms with Gasteiger partial charge in [-0.05, 0) is 29.8 Å². The van der Waals surface area contributed by atoms with Gasteiger partial charge in [-0.25, -0.2) is 4.79 Å². The monoisotopic (exact) mass is 400 g/mol. The van der Waals surface area contributed by atoms with Crippen LogP contribution >= 0.6 is 0 Å². The van der Waals surface area contributed by atoms with Crippen molar-refractivity contribution < 1.29 is 24.5 Å². The van der Waals surface area contributed by atoms with Crippen LogP contribution < -0.4 is 10.1 Å². The zero-order chi connectivity index (χ0) is 21.1. The molecular formula is C18H16N4O7. The number of anilines is 1. The number of hydrogen-bond acceptors (Lipinski definition) is 7. The van der Waals surface area contributed by atoms with Gasteiger partial charge in [0, 0.05) is 29.6 Å². The fraction of sp³-hybridized carbons (Fsp3) is 0.167.